The maximum Gasteiger partial charge on any atom is 0.294 e. The van der Waals surface area contributed by atoms with E-state index in [9.17, 15) is 21.4 Å². The Morgan fingerprint density at radius 2 is 1.50 bits per heavy atom. The molecule has 3 N–H and O–H groups in total. The van der Waals surface area contributed by atoms with Crippen molar-refractivity contribution in [3.05, 3.63) is 54.6 Å². The first kappa shape index (κ1) is 19.9. The van der Waals surface area contributed by atoms with E-state index in [1.807, 2.05) is 0 Å². The summed E-state index contributed by atoms with van der Waals surface area (Å²) >= 11 is 0. The summed E-state index contributed by atoms with van der Waals surface area (Å²) < 4.78 is 55.8. The molecule has 0 bridgehead atoms. The van der Waals surface area contributed by atoms with Crippen LogP contribution in [0.3, 0.4) is 0 Å². The van der Waals surface area contributed by atoms with Crippen molar-refractivity contribution in [2.24, 2.45) is 10.2 Å². The Bertz CT molecular complexity index is 1280. The van der Waals surface area contributed by atoms with Gasteiger partial charge in [-0.1, -0.05) is 13.0 Å². The van der Waals surface area contributed by atoms with Crippen LogP contribution in [0.4, 0.5) is 17.1 Å². The fourth-order valence-electron chi connectivity index (χ4n) is 2.58. The van der Waals surface area contributed by atoms with Crippen LogP contribution in [0.15, 0.2) is 74.6 Å². The van der Waals surface area contributed by atoms with E-state index in [2.05, 4.69) is 10.2 Å². The number of hydrogen-bond donors (Lipinski definition) is 2. The van der Waals surface area contributed by atoms with Gasteiger partial charge >= 0.3 is 0 Å². The van der Waals surface area contributed by atoms with Gasteiger partial charge in [-0.3, -0.25) is 4.55 Å². The lowest BCUT2D eigenvalue weighted by atomic mass is 10.1. The number of sulfone groups is 1. The maximum absolute atomic E-state index is 11.8. The Morgan fingerprint density at radius 3 is 2.11 bits per heavy atom. The molecule has 0 fully saturated rings. The van der Waals surface area contributed by atoms with Crippen LogP contribution >= 0.6 is 0 Å². The van der Waals surface area contributed by atoms with E-state index < -0.39 is 20.0 Å². The summed E-state index contributed by atoms with van der Waals surface area (Å²) in [7, 11) is -7.68. The average molecular weight is 419 g/mol. The Balaban J connectivity index is 2.03. The minimum absolute atomic E-state index is 0.00138. The van der Waals surface area contributed by atoms with Gasteiger partial charge in [0.05, 0.1) is 26.9 Å². The van der Waals surface area contributed by atoms with Gasteiger partial charge in [0.25, 0.3) is 10.1 Å². The van der Waals surface area contributed by atoms with Gasteiger partial charge in [0.15, 0.2) is 9.84 Å². The second kappa shape index (κ2) is 7.30. The van der Waals surface area contributed by atoms with Gasteiger partial charge in [0, 0.05) is 16.5 Å². The van der Waals surface area contributed by atoms with Crippen molar-refractivity contribution in [3.63, 3.8) is 0 Å². The zero-order chi connectivity index (χ0) is 20.5. The summed E-state index contributed by atoms with van der Waals surface area (Å²) in [6.45, 7) is 1.57. The number of nitrogen functional groups attached to an aromatic ring is 1. The van der Waals surface area contributed by atoms with Crippen LogP contribution in [0.2, 0.25) is 0 Å². The molecule has 28 heavy (non-hydrogen) atoms. The van der Waals surface area contributed by atoms with Gasteiger partial charge in [-0.25, -0.2) is 8.42 Å². The van der Waals surface area contributed by atoms with E-state index in [0.717, 1.165) is 0 Å². The number of anilines is 1. The smallest absolute Gasteiger partial charge is 0.294 e. The van der Waals surface area contributed by atoms with Crippen LogP contribution < -0.4 is 5.73 Å². The minimum Gasteiger partial charge on any atom is -0.398 e. The molecule has 0 unspecified atom stereocenters. The summed E-state index contributed by atoms with van der Waals surface area (Å²) in [5.74, 6) is 0.00138. The van der Waals surface area contributed by atoms with Crippen LogP contribution in [-0.4, -0.2) is 27.1 Å². The Labute approximate surface area is 162 Å². The Hall–Kier alpha value is -2.82. The van der Waals surface area contributed by atoms with Gasteiger partial charge in [-0.05, 0) is 48.5 Å². The van der Waals surface area contributed by atoms with Gasteiger partial charge in [0.1, 0.15) is 0 Å². The normalized spacial score (nSPS) is 12.6. The third-order valence-corrected chi connectivity index (χ3v) is 6.75. The fraction of sp³-hybridized carbons (Fsp3) is 0.111. The molecule has 146 valence electrons. The highest BCUT2D eigenvalue weighted by Crippen LogP contribution is 2.33. The summed E-state index contributed by atoms with van der Waals surface area (Å²) in [5.41, 5.74) is 7.11. The van der Waals surface area contributed by atoms with Gasteiger partial charge < -0.3 is 5.73 Å². The van der Waals surface area contributed by atoms with E-state index >= 15 is 0 Å². The lowest BCUT2D eigenvalue weighted by molar-refractivity contribution is 0.483. The first-order valence-corrected chi connectivity index (χ1v) is 11.3. The number of benzene rings is 3. The molecule has 8 nitrogen and oxygen atoms in total. The fourth-order valence-corrected chi connectivity index (χ4v) is 3.97. The third kappa shape index (κ3) is 4.03. The van der Waals surface area contributed by atoms with Crippen molar-refractivity contribution in [2.45, 2.75) is 16.7 Å². The zero-order valence-corrected chi connectivity index (χ0v) is 16.4. The van der Waals surface area contributed by atoms with Crippen molar-refractivity contribution in [2.75, 3.05) is 11.5 Å². The largest absolute Gasteiger partial charge is 0.398 e. The monoisotopic (exact) mass is 419 g/mol. The van der Waals surface area contributed by atoms with E-state index in [1.165, 1.54) is 42.5 Å². The summed E-state index contributed by atoms with van der Waals surface area (Å²) in [6.07, 6.45) is 0. The number of nitrogens with two attached hydrogens (primary N) is 1. The molecule has 0 amide bonds. The highest BCUT2D eigenvalue weighted by molar-refractivity contribution is 7.91. The number of hydrogen-bond acceptors (Lipinski definition) is 7. The SMILES string of the molecule is CCS(=O)(=O)c1ccc(N=Nc2ccc(N)c3ccc(S(=O)(=O)O)cc23)cc1. The number of nitrogens with zero attached hydrogens (tertiary/aromatic N) is 2. The molecule has 3 rings (SSSR count). The molecule has 0 aliphatic carbocycles. The first-order chi connectivity index (χ1) is 13.1. The second-order valence-corrected chi connectivity index (χ2v) is 9.65. The highest BCUT2D eigenvalue weighted by Gasteiger charge is 2.13. The van der Waals surface area contributed by atoms with Gasteiger partial charge in [0.2, 0.25) is 0 Å². The molecule has 0 aliphatic heterocycles. The quantitative estimate of drug-likeness (QED) is 0.365. The van der Waals surface area contributed by atoms with E-state index in [-0.39, 0.29) is 15.5 Å². The standard InChI is InChI=1S/C18H17N3O5S2/c1-2-27(22,23)13-5-3-12(4-6-13)20-21-18-10-9-17(19)15-8-7-14(11-16(15)18)28(24,25)26/h3-11H,2,19H2,1H3,(H,24,25,26). The molecule has 3 aromatic carbocycles. The Morgan fingerprint density at radius 1 is 0.857 bits per heavy atom. The van der Waals surface area contributed by atoms with Crippen LogP contribution in [0.25, 0.3) is 10.8 Å². The van der Waals surface area contributed by atoms with Gasteiger partial charge in [-0.15, -0.1) is 5.11 Å². The number of azo groups is 1. The summed E-state index contributed by atoms with van der Waals surface area (Å²) in [6, 6.07) is 13.1. The van der Waals surface area contributed by atoms with E-state index in [1.54, 1.807) is 19.1 Å². The van der Waals surface area contributed by atoms with Crippen LogP contribution in [0.1, 0.15) is 6.92 Å². The molecule has 3 aromatic rings. The predicted octanol–water partition coefficient (Wildman–Crippen LogP) is 3.88. The minimum atomic E-state index is -4.38. The average Bonchev–Trinajstić information content (AvgIpc) is 2.67. The van der Waals surface area contributed by atoms with Crippen molar-refractivity contribution in [1.29, 1.82) is 0 Å². The summed E-state index contributed by atoms with van der Waals surface area (Å²) in [5, 5.41) is 9.17. The molecule has 0 aliphatic rings. The van der Waals surface area contributed by atoms with Gasteiger partial charge in [-0.2, -0.15) is 13.5 Å². The van der Waals surface area contributed by atoms with Crippen LogP contribution in [0.5, 0.6) is 0 Å². The molecule has 0 radical (unpaired) electrons. The van der Waals surface area contributed by atoms with E-state index in [4.69, 9.17) is 5.73 Å². The molecule has 0 heterocycles. The molecular formula is C18H17N3O5S2. The third-order valence-electron chi connectivity index (χ3n) is 4.15. The topological polar surface area (TPSA) is 139 Å². The number of fused-ring (bicyclic) bond motifs is 1. The first-order valence-electron chi connectivity index (χ1n) is 8.16. The van der Waals surface area contributed by atoms with E-state index in [0.29, 0.717) is 27.8 Å². The molecule has 0 aromatic heterocycles. The molecular weight excluding hydrogens is 402 g/mol. The highest BCUT2D eigenvalue weighted by atomic mass is 32.2. The van der Waals surface area contributed by atoms with Crippen LogP contribution in [-0.2, 0) is 20.0 Å². The maximum atomic E-state index is 11.8. The number of rotatable bonds is 5. The predicted molar refractivity (Wildman–Crippen MR) is 107 cm³/mol. The summed E-state index contributed by atoms with van der Waals surface area (Å²) in [4.78, 5) is -0.0825. The van der Waals surface area contributed by atoms with Crippen molar-refractivity contribution in [1.82, 2.24) is 0 Å². The Kier molecular flexibility index (Phi) is 5.20. The molecule has 0 spiro atoms. The lowest BCUT2D eigenvalue weighted by Crippen LogP contribution is -2.02. The van der Waals surface area contributed by atoms with Crippen molar-refractivity contribution in [3.8, 4) is 0 Å². The van der Waals surface area contributed by atoms with Crippen molar-refractivity contribution >= 4 is 47.8 Å². The molecule has 10 heteroatoms. The van der Waals surface area contributed by atoms with Crippen LogP contribution in [0, 0.1) is 0 Å². The molecule has 0 atom stereocenters. The van der Waals surface area contributed by atoms with Crippen molar-refractivity contribution < 1.29 is 21.4 Å². The zero-order valence-electron chi connectivity index (χ0n) is 14.8. The molecule has 0 saturated heterocycles. The lowest BCUT2D eigenvalue weighted by Gasteiger charge is -2.06. The second-order valence-electron chi connectivity index (χ2n) is 5.95. The molecule has 0 saturated carbocycles.